The van der Waals surface area contributed by atoms with Gasteiger partial charge in [0.15, 0.2) is 0 Å². The first-order valence-corrected chi connectivity index (χ1v) is 11.1. The quantitative estimate of drug-likeness (QED) is 0.528. The van der Waals surface area contributed by atoms with Gasteiger partial charge in [-0.05, 0) is 80.5 Å². The summed E-state index contributed by atoms with van der Waals surface area (Å²) < 4.78 is 39.9. The number of hydrogen-bond acceptors (Lipinski definition) is 3. The molecule has 166 valence electrons. The molecule has 5 heteroatoms. The normalized spacial score (nSPS) is 26.6. The fourth-order valence-corrected chi connectivity index (χ4v) is 4.76. The summed E-state index contributed by atoms with van der Waals surface area (Å²) in [7, 11) is 1.96. The van der Waals surface area contributed by atoms with Gasteiger partial charge in [0, 0.05) is 23.0 Å². The smallest absolute Gasteiger partial charge is 0.123 e. The van der Waals surface area contributed by atoms with E-state index in [1.54, 1.807) is 6.07 Å². The Labute approximate surface area is 188 Å². The summed E-state index contributed by atoms with van der Waals surface area (Å²) in [4.78, 5) is 10.0. The van der Waals surface area contributed by atoms with Crippen molar-refractivity contribution in [2.24, 2.45) is 5.92 Å². The van der Waals surface area contributed by atoms with Crippen LogP contribution in [0.3, 0.4) is 0 Å². The Morgan fingerprint density at radius 2 is 2.10 bits per heavy atom. The topological polar surface area (TPSA) is 52.1 Å². The molecule has 1 aromatic heterocycles. The maximum absolute atomic E-state index is 13.9. The zero-order valence-corrected chi connectivity index (χ0v) is 18.5. The fraction of sp³-hybridized carbons (Fsp3) is 0.500. The predicted octanol–water partition coefficient (Wildman–Crippen LogP) is 5.07. The molecule has 1 aliphatic carbocycles. The second-order valence-electron chi connectivity index (χ2n) is 9.07. The number of para-hydroxylation sites is 2. The minimum atomic E-state index is -2.21. The molecule has 2 N–H and O–H groups in total. The molecule has 2 aromatic carbocycles. The Morgan fingerprint density at radius 3 is 2.87 bits per heavy atom. The lowest BCUT2D eigenvalue weighted by atomic mass is 9.66. The zero-order valence-electron chi connectivity index (χ0n) is 21.5. The van der Waals surface area contributed by atoms with Gasteiger partial charge in [0.2, 0.25) is 0 Å². The van der Waals surface area contributed by atoms with E-state index in [0.717, 1.165) is 36.2 Å². The lowest BCUT2D eigenvalue weighted by Gasteiger charge is -2.44. The van der Waals surface area contributed by atoms with Crippen LogP contribution in [0.5, 0.6) is 0 Å². The number of imidazole rings is 1. The van der Waals surface area contributed by atoms with Crippen LogP contribution in [-0.4, -0.2) is 45.7 Å². The third kappa shape index (κ3) is 4.83. The largest absolute Gasteiger partial charge is 0.389 e. The molecule has 0 radical (unpaired) electrons. The lowest BCUT2D eigenvalue weighted by Crippen LogP contribution is -2.45. The van der Waals surface area contributed by atoms with Crippen LogP contribution >= 0.6 is 0 Å². The van der Waals surface area contributed by atoms with Crippen molar-refractivity contribution < 1.29 is 13.6 Å². The Balaban J connectivity index is 1.44. The SMILES string of the molecule is [2H]C1c2cc(F)ccc2[C@H](C(C)C)[C@@](O)(CCN(C)CCCc2nc3ccccc3[nH]2)C1([2H])[2H]. The molecule has 0 fully saturated rings. The molecule has 0 saturated carbocycles. The molecule has 31 heavy (non-hydrogen) atoms. The third-order valence-electron chi connectivity index (χ3n) is 6.31. The van der Waals surface area contributed by atoms with Gasteiger partial charge in [0.25, 0.3) is 0 Å². The van der Waals surface area contributed by atoms with Crippen molar-refractivity contribution >= 4 is 11.0 Å². The van der Waals surface area contributed by atoms with Crippen molar-refractivity contribution in [3.8, 4) is 0 Å². The van der Waals surface area contributed by atoms with E-state index in [1.807, 2.05) is 45.2 Å². The van der Waals surface area contributed by atoms with Crippen LogP contribution in [0.1, 0.15) is 60.0 Å². The van der Waals surface area contributed by atoms with Gasteiger partial charge in [-0.2, -0.15) is 0 Å². The second kappa shape index (κ2) is 9.09. The minimum absolute atomic E-state index is 0.0739. The van der Waals surface area contributed by atoms with Gasteiger partial charge in [0.1, 0.15) is 11.6 Å². The summed E-state index contributed by atoms with van der Waals surface area (Å²) in [6, 6.07) is 12.2. The van der Waals surface area contributed by atoms with E-state index in [-0.39, 0.29) is 12.3 Å². The number of nitrogens with zero attached hydrogens (tertiary/aromatic N) is 2. The maximum atomic E-state index is 13.9. The molecule has 0 spiro atoms. The van der Waals surface area contributed by atoms with Crippen LogP contribution in [0.4, 0.5) is 4.39 Å². The van der Waals surface area contributed by atoms with E-state index in [1.165, 1.54) is 12.1 Å². The standard InChI is InChI=1S/C26H34FN3O/c1-18(2)25-21-11-10-20(27)17-19(21)12-13-26(25,31)14-16-30(3)15-6-9-24-28-22-7-4-5-8-23(22)29-24/h4-5,7-8,10-11,17-18,25,31H,6,9,12-16H2,1-3H3,(H,28,29)/t25-,26-/m0/s1/i12D,13D2/t12?,25-,26-. The lowest BCUT2D eigenvalue weighted by molar-refractivity contribution is -0.0301. The van der Waals surface area contributed by atoms with Gasteiger partial charge >= 0.3 is 0 Å². The van der Waals surface area contributed by atoms with E-state index in [2.05, 4.69) is 14.9 Å². The number of rotatable bonds is 8. The van der Waals surface area contributed by atoms with Gasteiger partial charge in [-0.25, -0.2) is 9.37 Å². The van der Waals surface area contributed by atoms with E-state index >= 15 is 0 Å². The van der Waals surface area contributed by atoms with E-state index in [4.69, 9.17) is 4.11 Å². The Bertz CT molecular complexity index is 1120. The van der Waals surface area contributed by atoms with E-state index < -0.39 is 30.1 Å². The molecule has 4 rings (SSSR count). The molecule has 1 unspecified atom stereocenters. The molecule has 0 amide bonds. The third-order valence-corrected chi connectivity index (χ3v) is 6.31. The van der Waals surface area contributed by atoms with Crippen LogP contribution in [0.2, 0.25) is 0 Å². The highest BCUT2D eigenvalue weighted by Gasteiger charge is 2.43. The van der Waals surface area contributed by atoms with Gasteiger partial charge in [-0.15, -0.1) is 0 Å². The first-order valence-electron chi connectivity index (χ1n) is 12.7. The van der Waals surface area contributed by atoms with Gasteiger partial charge in [-0.3, -0.25) is 0 Å². The van der Waals surface area contributed by atoms with Crippen molar-refractivity contribution in [3.63, 3.8) is 0 Å². The molecule has 3 atom stereocenters. The average Bonchev–Trinajstić information content (AvgIpc) is 3.20. The highest BCUT2D eigenvalue weighted by molar-refractivity contribution is 5.74. The number of fused-ring (bicyclic) bond motifs is 2. The monoisotopic (exact) mass is 426 g/mol. The van der Waals surface area contributed by atoms with Crippen LogP contribution in [-0.2, 0) is 12.8 Å². The highest BCUT2D eigenvalue weighted by Crippen LogP contribution is 2.45. The number of H-pyrrole nitrogens is 1. The summed E-state index contributed by atoms with van der Waals surface area (Å²) in [5.41, 5.74) is 1.27. The maximum Gasteiger partial charge on any atom is 0.123 e. The van der Waals surface area contributed by atoms with Crippen molar-refractivity contribution in [1.82, 2.24) is 14.9 Å². The average molecular weight is 427 g/mol. The minimum Gasteiger partial charge on any atom is -0.389 e. The Morgan fingerprint density at radius 1 is 1.29 bits per heavy atom. The number of nitrogens with one attached hydrogen (secondary N) is 1. The van der Waals surface area contributed by atoms with Crippen LogP contribution in [0.15, 0.2) is 42.5 Å². The van der Waals surface area contributed by atoms with E-state index in [0.29, 0.717) is 17.7 Å². The van der Waals surface area contributed by atoms with Crippen molar-refractivity contribution in [3.05, 3.63) is 65.2 Å². The molecule has 4 nitrogen and oxygen atoms in total. The first-order chi connectivity index (χ1) is 16.0. The van der Waals surface area contributed by atoms with Gasteiger partial charge < -0.3 is 15.0 Å². The van der Waals surface area contributed by atoms with Crippen LogP contribution in [0, 0.1) is 11.7 Å². The molecular weight excluding hydrogens is 389 g/mol. The Kier molecular flexibility index (Phi) is 5.38. The number of hydrogen-bond donors (Lipinski definition) is 2. The number of aromatic nitrogens is 2. The number of benzene rings is 2. The molecule has 1 aliphatic rings. The van der Waals surface area contributed by atoms with Crippen molar-refractivity contribution in [2.75, 3.05) is 20.1 Å². The number of aliphatic hydroxyl groups is 1. The van der Waals surface area contributed by atoms with E-state index in [9.17, 15) is 9.50 Å². The molecule has 1 heterocycles. The number of aryl methyl sites for hydroxylation is 2. The van der Waals surface area contributed by atoms with Crippen LogP contribution < -0.4 is 0 Å². The van der Waals surface area contributed by atoms with Crippen molar-refractivity contribution in [2.45, 2.75) is 57.4 Å². The summed E-state index contributed by atoms with van der Waals surface area (Å²) in [6.07, 6.45) is -1.70. The molecule has 0 saturated heterocycles. The van der Waals surface area contributed by atoms with Crippen molar-refractivity contribution in [1.29, 1.82) is 0 Å². The van der Waals surface area contributed by atoms with Gasteiger partial charge in [0.05, 0.1) is 16.6 Å². The Hall–Kier alpha value is -2.24. The van der Waals surface area contributed by atoms with Gasteiger partial charge in [-0.1, -0.05) is 32.0 Å². The predicted molar refractivity (Wildman–Crippen MR) is 124 cm³/mol. The molecular formula is C26H34FN3O. The number of halogens is 1. The molecule has 0 aliphatic heterocycles. The van der Waals surface area contributed by atoms with Crippen LogP contribution in [0.25, 0.3) is 11.0 Å². The molecule has 3 aromatic rings. The first kappa shape index (κ1) is 18.3. The summed E-state index contributed by atoms with van der Waals surface area (Å²) in [5.74, 6) is -0.139. The summed E-state index contributed by atoms with van der Waals surface area (Å²) in [5, 5.41) is 11.8. The highest BCUT2D eigenvalue weighted by atomic mass is 19.1. The molecule has 0 bridgehead atoms. The fourth-order valence-electron chi connectivity index (χ4n) is 4.76. The summed E-state index contributed by atoms with van der Waals surface area (Å²) >= 11 is 0. The second-order valence-corrected chi connectivity index (χ2v) is 9.07. The summed E-state index contributed by atoms with van der Waals surface area (Å²) in [6.45, 7) is 5.15. The zero-order chi connectivity index (χ0) is 24.7. The number of aromatic amines is 1.